The third-order valence-electron chi connectivity index (χ3n) is 3.47. The molecule has 1 atom stereocenters. The summed E-state index contributed by atoms with van der Waals surface area (Å²) < 4.78 is 0. The van der Waals surface area contributed by atoms with Crippen LogP contribution in [0.1, 0.15) is 37.8 Å². The van der Waals surface area contributed by atoms with E-state index in [2.05, 4.69) is 5.32 Å². The Bertz CT molecular complexity index is 454. The number of aryl methyl sites for hydroxylation is 1. The van der Waals surface area contributed by atoms with Gasteiger partial charge in [-0.15, -0.1) is 0 Å². The zero-order valence-corrected chi connectivity index (χ0v) is 11.9. The van der Waals surface area contributed by atoms with Crippen LogP contribution in [0, 0.1) is 6.92 Å². The largest absolute Gasteiger partial charge is 0.396 e. The lowest BCUT2D eigenvalue weighted by atomic mass is 9.95. The lowest BCUT2D eigenvalue weighted by Gasteiger charge is -2.28. The first-order valence-corrected chi connectivity index (χ1v) is 6.67. The zero-order valence-electron chi connectivity index (χ0n) is 11.9. The predicted molar refractivity (Wildman–Crippen MR) is 78.8 cm³/mol. The van der Waals surface area contributed by atoms with Gasteiger partial charge in [0.15, 0.2) is 0 Å². The van der Waals surface area contributed by atoms with Crippen molar-refractivity contribution in [1.82, 2.24) is 5.32 Å². The van der Waals surface area contributed by atoms with Crippen molar-refractivity contribution in [3.63, 3.8) is 0 Å². The van der Waals surface area contributed by atoms with E-state index in [9.17, 15) is 4.79 Å². The summed E-state index contributed by atoms with van der Waals surface area (Å²) in [6, 6.07) is 7.92. The molecule has 1 unspecified atom stereocenters. The molecular formula is C16H23NO2. The zero-order chi connectivity index (χ0) is 14.3. The van der Waals surface area contributed by atoms with E-state index in [1.54, 1.807) is 6.08 Å². The van der Waals surface area contributed by atoms with Crippen molar-refractivity contribution in [1.29, 1.82) is 0 Å². The lowest BCUT2D eigenvalue weighted by Crippen LogP contribution is -2.45. The fourth-order valence-corrected chi connectivity index (χ4v) is 1.85. The molecular weight excluding hydrogens is 238 g/mol. The molecule has 3 heteroatoms. The number of hydrogen-bond acceptors (Lipinski definition) is 2. The summed E-state index contributed by atoms with van der Waals surface area (Å²) in [5, 5.41) is 12.0. The first-order valence-electron chi connectivity index (χ1n) is 6.67. The smallest absolute Gasteiger partial charge is 0.244 e. The van der Waals surface area contributed by atoms with Crippen LogP contribution in [0.2, 0.25) is 0 Å². The van der Waals surface area contributed by atoms with E-state index in [0.717, 1.165) is 17.5 Å². The number of amides is 1. The summed E-state index contributed by atoms with van der Waals surface area (Å²) in [4.78, 5) is 11.9. The molecule has 19 heavy (non-hydrogen) atoms. The van der Waals surface area contributed by atoms with Crippen LogP contribution in [0.3, 0.4) is 0 Å². The molecule has 0 bridgehead atoms. The molecule has 0 spiro atoms. The molecule has 1 rings (SSSR count). The quantitative estimate of drug-likeness (QED) is 0.773. The maximum Gasteiger partial charge on any atom is 0.244 e. The van der Waals surface area contributed by atoms with E-state index in [1.165, 1.54) is 0 Å². The van der Waals surface area contributed by atoms with Gasteiger partial charge in [-0.05, 0) is 43.9 Å². The third kappa shape index (κ3) is 4.87. The molecule has 0 saturated heterocycles. The number of nitrogens with one attached hydrogen (secondary N) is 1. The van der Waals surface area contributed by atoms with E-state index in [1.807, 2.05) is 51.1 Å². The third-order valence-corrected chi connectivity index (χ3v) is 3.47. The SMILES string of the molecule is CCC(C)(CCO)NC(=O)/C=C/c1ccccc1C. The van der Waals surface area contributed by atoms with Gasteiger partial charge in [0.2, 0.25) is 5.91 Å². The van der Waals surface area contributed by atoms with E-state index in [-0.39, 0.29) is 18.1 Å². The van der Waals surface area contributed by atoms with Gasteiger partial charge >= 0.3 is 0 Å². The van der Waals surface area contributed by atoms with Gasteiger partial charge in [-0.1, -0.05) is 31.2 Å². The van der Waals surface area contributed by atoms with Crippen molar-refractivity contribution in [3.8, 4) is 0 Å². The molecule has 1 amide bonds. The van der Waals surface area contributed by atoms with Crippen LogP contribution < -0.4 is 5.32 Å². The summed E-state index contributed by atoms with van der Waals surface area (Å²) in [5.74, 6) is -0.124. The molecule has 0 aliphatic rings. The van der Waals surface area contributed by atoms with Gasteiger partial charge in [0, 0.05) is 18.2 Å². The number of benzene rings is 1. The standard InChI is InChI=1S/C16H23NO2/c1-4-16(3,11-12-18)17-15(19)10-9-14-8-6-5-7-13(14)2/h5-10,18H,4,11-12H2,1-3H3,(H,17,19)/b10-9+. The highest BCUT2D eigenvalue weighted by Gasteiger charge is 2.22. The van der Waals surface area contributed by atoms with E-state index in [0.29, 0.717) is 6.42 Å². The van der Waals surface area contributed by atoms with Crippen LogP contribution in [-0.4, -0.2) is 23.2 Å². The van der Waals surface area contributed by atoms with Crippen molar-refractivity contribution in [3.05, 3.63) is 41.5 Å². The average Bonchev–Trinajstić information content (AvgIpc) is 2.38. The van der Waals surface area contributed by atoms with Gasteiger partial charge in [0.25, 0.3) is 0 Å². The number of hydrogen-bond donors (Lipinski definition) is 2. The van der Waals surface area contributed by atoms with Gasteiger partial charge in [0.1, 0.15) is 0 Å². The minimum atomic E-state index is -0.345. The van der Waals surface area contributed by atoms with Gasteiger partial charge in [-0.25, -0.2) is 0 Å². The minimum Gasteiger partial charge on any atom is -0.396 e. The number of aliphatic hydroxyl groups excluding tert-OH is 1. The number of carbonyl (C=O) groups is 1. The lowest BCUT2D eigenvalue weighted by molar-refractivity contribution is -0.118. The molecule has 0 aliphatic carbocycles. The molecule has 104 valence electrons. The molecule has 0 heterocycles. The Labute approximate surface area is 115 Å². The first kappa shape index (κ1) is 15.4. The normalized spacial score (nSPS) is 14.3. The fraction of sp³-hybridized carbons (Fsp3) is 0.438. The summed E-state index contributed by atoms with van der Waals surface area (Å²) in [7, 11) is 0. The molecule has 1 aromatic rings. The second-order valence-corrected chi connectivity index (χ2v) is 5.07. The van der Waals surface area contributed by atoms with Gasteiger partial charge in [-0.2, -0.15) is 0 Å². The highest BCUT2D eigenvalue weighted by atomic mass is 16.3. The Morgan fingerprint density at radius 1 is 1.42 bits per heavy atom. The van der Waals surface area contributed by atoms with Gasteiger partial charge < -0.3 is 10.4 Å². The molecule has 2 N–H and O–H groups in total. The Kier molecular flexibility index (Phi) is 5.77. The van der Waals surface area contributed by atoms with E-state index < -0.39 is 0 Å². The van der Waals surface area contributed by atoms with Gasteiger partial charge in [0.05, 0.1) is 0 Å². The highest BCUT2D eigenvalue weighted by molar-refractivity contribution is 5.92. The number of aliphatic hydroxyl groups is 1. The summed E-state index contributed by atoms with van der Waals surface area (Å²) in [6.07, 6.45) is 4.72. The van der Waals surface area contributed by atoms with Crippen molar-refractivity contribution < 1.29 is 9.90 Å². The Hall–Kier alpha value is -1.61. The van der Waals surface area contributed by atoms with Crippen LogP contribution in [0.4, 0.5) is 0 Å². The molecule has 1 aromatic carbocycles. The van der Waals surface area contributed by atoms with Crippen LogP contribution in [0.15, 0.2) is 30.3 Å². The Balaban J connectivity index is 2.67. The van der Waals surface area contributed by atoms with Crippen molar-refractivity contribution >= 4 is 12.0 Å². The summed E-state index contributed by atoms with van der Waals surface area (Å²) in [6.45, 7) is 6.04. The van der Waals surface area contributed by atoms with Crippen LogP contribution >= 0.6 is 0 Å². The Morgan fingerprint density at radius 3 is 2.68 bits per heavy atom. The van der Waals surface area contributed by atoms with Crippen LogP contribution in [0.5, 0.6) is 0 Å². The monoisotopic (exact) mass is 261 g/mol. The van der Waals surface area contributed by atoms with Crippen molar-refractivity contribution in [2.75, 3.05) is 6.61 Å². The topological polar surface area (TPSA) is 49.3 Å². The maximum absolute atomic E-state index is 11.9. The molecule has 0 fully saturated rings. The van der Waals surface area contributed by atoms with Gasteiger partial charge in [-0.3, -0.25) is 4.79 Å². The summed E-state index contributed by atoms with van der Waals surface area (Å²) in [5.41, 5.74) is 1.83. The minimum absolute atomic E-state index is 0.0755. The summed E-state index contributed by atoms with van der Waals surface area (Å²) >= 11 is 0. The molecule has 0 saturated carbocycles. The van der Waals surface area contributed by atoms with Crippen molar-refractivity contribution in [2.45, 2.75) is 39.2 Å². The average molecular weight is 261 g/mol. The molecule has 3 nitrogen and oxygen atoms in total. The highest BCUT2D eigenvalue weighted by Crippen LogP contribution is 2.14. The van der Waals surface area contributed by atoms with E-state index >= 15 is 0 Å². The van der Waals surface area contributed by atoms with Crippen molar-refractivity contribution in [2.24, 2.45) is 0 Å². The Morgan fingerprint density at radius 2 is 2.11 bits per heavy atom. The number of rotatable bonds is 6. The number of carbonyl (C=O) groups excluding carboxylic acids is 1. The molecule has 0 aliphatic heterocycles. The van der Waals surface area contributed by atoms with E-state index in [4.69, 9.17) is 5.11 Å². The van der Waals surface area contributed by atoms with Crippen LogP contribution in [-0.2, 0) is 4.79 Å². The molecule has 0 aromatic heterocycles. The first-order chi connectivity index (χ1) is 9.00. The maximum atomic E-state index is 11.9. The second kappa shape index (κ2) is 7.10. The predicted octanol–water partition coefficient (Wildman–Crippen LogP) is 2.68. The fourth-order valence-electron chi connectivity index (χ4n) is 1.85. The van der Waals surface area contributed by atoms with Crippen LogP contribution in [0.25, 0.3) is 6.08 Å². The molecule has 0 radical (unpaired) electrons. The second-order valence-electron chi connectivity index (χ2n) is 5.07.